The first-order chi connectivity index (χ1) is 10.8. The SMILES string of the molecule is N#Cc1ccc(N2CCCC(CN3CCOCC3)C2)c(F)c1. The monoisotopic (exact) mass is 303 g/mol. The van der Waals surface area contributed by atoms with Crippen molar-refractivity contribution in [3.63, 3.8) is 0 Å². The van der Waals surface area contributed by atoms with Crippen LogP contribution in [0.4, 0.5) is 10.1 Å². The number of ether oxygens (including phenoxy) is 1. The number of hydrogen-bond acceptors (Lipinski definition) is 4. The van der Waals surface area contributed by atoms with Crippen molar-refractivity contribution in [3.05, 3.63) is 29.6 Å². The topological polar surface area (TPSA) is 39.5 Å². The molecule has 0 radical (unpaired) electrons. The molecule has 0 aromatic heterocycles. The maximum Gasteiger partial charge on any atom is 0.147 e. The lowest BCUT2D eigenvalue weighted by Gasteiger charge is -2.38. The van der Waals surface area contributed by atoms with Crippen molar-refractivity contribution < 1.29 is 9.13 Å². The number of nitriles is 1. The molecule has 118 valence electrons. The summed E-state index contributed by atoms with van der Waals surface area (Å²) < 4.78 is 19.6. The first-order valence-electron chi connectivity index (χ1n) is 8.01. The van der Waals surface area contributed by atoms with Crippen molar-refractivity contribution in [2.45, 2.75) is 12.8 Å². The molecule has 0 aliphatic carbocycles. The van der Waals surface area contributed by atoms with Gasteiger partial charge in [0.05, 0.1) is 30.5 Å². The van der Waals surface area contributed by atoms with Crippen LogP contribution in [0.3, 0.4) is 0 Å². The highest BCUT2D eigenvalue weighted by atomic mass is 19.1. The fraction of sp³-hybridized carbons (Fsp3) is 0.588. The second-order valence-electron chi connectivity index (χ2n) is 6.15. The van der Waals surface area contributed by atoms with Gasteiger partial charge in [-0.2, -0.15) is 5.26 Å². The molecule has 0 spiro atoms. The van der Waals surface area contributed by atoms with Crippen molar-refractivity contribution in [2.24, 2.45) is 5.92 Å². The molecule has 2 saturated heterocycles. The van der Waals surface area contributed by atoms with E-state index in [1.807, 2.05) is 6.07 Å². The Kier molecular flexibility index (Phi) is 4.91. The van der Waals surface area contributed by atoms with Crippen LogP contribution in [0.15, 0.2) is 18.2 Å². The van der Waals surface area contributed by atoms with Gasteiger partial charge in [-0.3, -0.25) is 4.90 Å². The molecular weight excluding hydrogens is 281 g/mol. The number of piperidine rings is 1. The van der Waals surface area contributed by atoms with Crippen LogP contribution in [-0.4, -0.2) is 50.8 Å². The van der Waals surface area contributed by atoms with Gasteiger partial charge in [-0.15, -0.1) is 0 Å². The predicted octanol–water partition coefficient (Wildman–Crippen LogP) is 2.25. The lowest BCUT2D eigenvalue weighted by molar-refractivity contribution is 0.0296. The fourth-order valence-electron chi connectivity index (χ4n) is 3.41. The fourth-order valence-corrected chi connectivity index (χ4v) is 3.41. The van der Waals surface area contributed by atoms with Crippen LogP contribution >= 0.6 is 0 Å². The first-order valence-corrected chi connectivity index (χ1v) is 8.01. The molecule has 3 rings (SSSR count). The van der Waals surface area contributed by atoms with E-state index in [4.69, 9.17) is 10.00 Å². The van der Waals surface area contributed by atoms with Crippen LogP contribution in [-0.2, 0) is 4.74 Å². The Morgan fingerprint density at radius 1 is 1.27 bits per heavy atom. The summed E-state index contributed by atoms with van der Waals surface area (Å²) in [4.78, 5) is 4.58. The van der Waals surface area contributed by atoms with Gasteiger partial charge < -0.3 is 9.64 Å². The van der Waals surface area contributed by atoms with Gasteiger partial charge in [-0.1, -0.05) is 0 Å². The summed E-state index contributed by atoms with van der Waals surface area (Å²) in [6, 6.07) is 6.76. The molecule has 1 atom stereocenters. The zero-order valence-corrected chi connectivity index (χ0v) is 12.8. The highest BCUT2D eigenvalue weighted by Gasteiger charge is 2.24. The van der Waals surface area contributed by atoms with Crippen LogP contribution in [0.2, 0.25) is 0 Å². The zero-order chi connectivity index (χ0) is 15.4. The van der Waals surface area contributed by atoms with E-state index in [1.165, 1.54) is 12.5 Å². The Hall–Kier alpha value is -1.64. The lowest BCUT2D eigenvalue weighted by Crippen LogP contribution is -2.44. The van der Waals surface area contributed by atoms with E-state index in [-0.39, 0.29) is 5.82 Å². The van der Waals surface area contributed by atoms with Crippen LogP contribution in [0, 0.1) is 23.1 Å². The molecule has 1 aromatic rings. The van der Waals surface area contributed by atoms with E-state index in [0.717, 1.165) is 52.4 Å². The molecular formula is C17H22FN3O. The summed E-state index contributed by atoms with van der Waals surface area (Å²) in [7, 11) is 0. The van der Waals surface area contributed by atoms with Gasteiger partial charge in [0.2, 0.25) is 0 Å². The van der Waals surface area contributed by atoms with E-state index < -0.39 is 0 Å². The summed E-state index contributed by atoms with van der Waals surface area (Å²) in [6.45, 7) is 6.49. The van der Waals surface area contributed by atoms with Crippen molar-refractivity contribution in [2.75, 3.05) is 50.8 Å². The Bertz CT molecular complexity index is 551. The summed E-state index contributed by atoms with van der Waals surface area (Å²) in [5.74, 6) is 0.285. The summed E-state index contributed by atoms with van der Waals surface area (Å²) in [6.07, 6.45) is 2.29. The number of morpholine rings is 1. The highest BCUT2D eigenvalue weighted by Crippen LogP contribution is 2.26. The Labute approximate surface area is 131 Å². The van der Waals surface area contributed by atoms with Gasteiger partial charge in [-0.25, -0.2) is 4.39 Å². The van der Waals surface area contributed by atoms with Crippen LogP contribution in [0.1, 0.15) is 18.4 Å². The van der Waals surface area contributed by atoms with Gasteiger partial charge in [-0.05, 0) is 37.0 Å². The van der Waals surface area contributed by atoms with Gasteiger partial charge in [0, 0.05) is 32.7 Å². The molecule has 0 saturated carbocycles. The molecule has 2 heterocycles. The Balaban J connectivity index is 1.64. The molecule has 2 aliphatic heterocycles. The quantitative estimate of drug-likeness (QED) is 0.858. The third-order valence-corrected chi connectivity index (χ3v) is 4.56. The van der Waals surface area contributed by atoms with Crippen molar-refractivity contribution in [1.29, 1.82) is 5.26 Å². The van der Waals surface area contributed by atoms with Crippen molar-refractivity contribution in [3.8, 4) is 6.07 Å². The molecule has 22 heavy (non-hydrogen) atoms. The van der Waals surface area contributed by atoms with E-state index in [9.17, 15) is 4.39 Å². The Morgan fingerprint density at radius 2 is 2.09 bits per heavy atom. The second-order valence-corrected chi connectivity index (χ2v) is 6.15. The molecule has 0 bridgehead atoms. The number of hydrogen-bond donors (Lipinski definition) is 0. The number of anilines is 1. The van der Waals surface area contributed by atoms with Gasteiger partial charge in [0.15, 0.2) is 0 Å². The number of halogens is 1. The van der Waals surface area contributed by atoms with E-state index in [1.54, 1.807) is 12.1 Å². The third-order valence-electron chi connectivity index (χ3n) is 4.56. The average molecular weight is 303 g/mol. The first kappa shape index (κ1) is 15.3. The van der Waals surface area contributed by atoms with Crippen LogP contribution in [0.5, 0.6) is 0 Å². The minimum atomic E-state index is -0.286. The molecule has 0 amide bonds. The zero-order valence-electron chi connectivity index (χ0n) is 12.8. The van der Waals surface area contributed by atoms with Crippen molar-refractivity contribution in [1.82, 2.24) is 4.90 Å². The molecule has 1 unspecified atom stereocenters. The van der Waals surface area contributed by atoms with Crippen LogP contribution in [0.25, 0.3) is 0 Å². The van der Waals surface area contributed by atoms with E-state index in [2.05, 4.69) is 9.80 Å². The molecule has 0 N–H and O–H groups in total. The smallest absolute Gasteiger partial charge is 0.147 e. The highest BCUT2D eigenvalue weighted by molar-refractivity contribution is 5.51. The maximum atomic E-state index is 14.2. The van der Waals surface area contributed by atoms with Gasteiger partial charge in [0.25, 0.3) is 0 Å². The normalized spacial score (nSPS) is 23.3. The third kappa shape index (κ3) is 3.57. The second kappa shape index (κ2) is 7.08. The standard InChI is InChI=1S/C17H22FN3O/c18-16-10-14(11-19)3-4-17(16)21-5-1-2-15(13-21)12-20-6-8-22-9-7-20/h3-4,10,15H,1-2,5-9,12-13H2. The minimum absolute atomic E-state index is 0.286. The summed E-state index contributed by atoms with van der Waals surface area (Å²) in [5.41, 5.74) is 1.01. The van der Waals surface area contributed by atoms with Crippen LogP contribution < -0.4 is 4.90 Å². The number of nitrogens with zero attached hydrogens (tertiary/aromatic N) is 3. The summed E-state index contributed by atoms with van der Waals surface area (Å²) >= 11 is 0. The maximum absolute atomic E-state index is 14.2. The largest absolute Gasteiger partial charge is 0.379 e. The Morgan fingerprint density at radius 3 is 2.82 bits per heavy atom. The van der Waals surface area contributed by atoms with Crippen molar-refractivity contribution >= 4 is 5.69 Å². The molecule has 2 aliphatic rings. The lowest BCUT2D eigenvalue weighted by atomic mass is 9.96. The van der Waals surface area contributed by atoms with Gasteiger partial charge >= 0.3 is 0 Å². The molecule has 1 aromatic carbocycles. The van der Waals surface area contributed by atoms with E-state index >= 15 is 0 Å². The molecule has 5 heteroatoms. The predicted molar refractivity (Wildman–Crippen MR) is 83.3 cm³/mol. The average Bonchev–Trinajstić information content (AvgIpc) is 2.56. The van der Waals surface area contributed by atoms with Gasteiger partial charge in [0.1, 0.15) is 5.82 Å². The molecule has 2 fully saturated rings. The summed E-state index contributed by atoms with van der Waals surface area (Å²) in [5, 5.41) is 8.84. The van der Waals surface area contributed by atoms with E-state index in [0.29, 0.717) is 17.2 Å². The number of benzene rings is 1. The molecule has 4 nitrogen and oxygen atoms in total. The minimum Gasteiger partial charge on any atom is -0.379 e. The number of rotatable bonds is 3.